The topological polar surface area (TPSA) is 237 Å². The van der Waals surface area contributed by atoms with Crippen LogP contribution in [0.1, 0.15) is 465 Å². The predicted octanol–water partition coefficient (Wildman–Crippen LogP) is 26.6. The van der Waals surface area contributed by atoms with Gasteiger partial charge in [-0.15, -0.1) is 0 Å². The zero-order chi connectivity index (χ0) is 77.8. The first-order chi connectivity index (χ1) is 51.4. The molecule has 0 aromatic heterocycles. The number of carbonyl (C=O) groups excluding carboxylic acids is 4. The Morgan fingerprint density at radius 2 is 0.481 bits per heavy atom. The van der Waals surface area contributed by atoms with E-state index in [2.05, 4.69) is 41.5 Å². The molecule has 0 aliphatic rings. The highest BCUT2D eigenvalue weighted by atomic mass is 31.2. The van der Waals surface area contributed by atoms with Gasteiger partial charge in [0.05, 0.1) is 26.4 Å². The van der Waals surface area contributed by atoms with Crippen LogP contribution in [0.3, 0.4) is 0 Å². The molecule has 0 aromatic rings. The first-order valence-corrected chi connectivity index (χ1v) is 48.0. The van der Waals surface area contributed by atoms with Gasteiger partial charge < -0.3 is 33.8 Å². The van der Waals surface area contributed by atoms with E-state index in [1.54, 1.807) is 0 Å². The van der Waals surface area contributed by atoms with Gasteiger partial charge in [-0.1, -0.05) is 414 Å². The SMILES string of the molecule is CCCCCCCCCCCCCCCCCCC(=O)O[C@H](COC(=O)CCCCCCCCCCC)COP(=O)(O)OC[C@H](O)COP(=O)(O)OC[C@@H](COC(=O)CCCCCCCCCCCCCCCCCCC(C)C)OC(=O)CCCCCCCCCCCCCCCCCCCCC(C)CC. The minimum absolute atomic E-state index is 0.109. The molecule has 0 saturated heterocycles. The standard InChI is InChI=1S/C87H170O17P2/c1-7-10-12-14-16-18-19-20-21-30-36-41-47-53-59-65-71-86(91)103-82(75-97-84(89)69-63-57-51-43-17-15-13-11-8-2)77-101-105(93,94)99-73-81(88)74-100-106(95,96)102-78-83(76-98-85(90)70-64-58-52-46-40-35-31-27-26-28-33-38-44-49-55-61-67-79(4)5)104-87(92)72-66-60-54-48-42-37-32-25-23-22-24-29-34-39-45-50-56-62-68-80(6)9-3/h79-83,88H,7-78H2,1-6H3,(H,93,94)(H,95,96)/t80?,81-,82+,83+/m0/s1. The van der Waals surface area contributed by atoms with Gasteiger partial charge in [-0.05, 0) is 37.5 Å². The maximum Gasteiger partial charge on any atom is 0.472 e. The van der Waals surface area contributed by atoms with Gasteiger partial charge in [0.2, 0.25) is 0 Å². The van der Waals surface area contributed by atoms with Crippen LogP contribution >= 0.6 is 15.6 Å². The third-order valence-corrected chi connectivity index (χ3v) is 22.7. The molecule has 19 heteroatoms. The zero-order valence-corrected chi connectivity index (χ0v) is 71.5. The summed E-state index contributed by atoms with van der Waals surface area (Å²) in [4.78, 5) is 73.2. The van der Waals surface area contributed by atoms with E-state index in [1.165, 1.54) is 283 Å². The molecule has 17 nitrogen and oxygen atoms in total. The fraction of sp³-hybridized carbons (Fsp3) is 0.954. The smallest absolute Gasteiger partial charge is 0.462 e. The molecule has 630 valence electrons. The molecule has 3 unspecified atom stereocenters. The molecule has 0 aliphatic heterocycles. The van der Waals surface area contributed by atoms with Crippen molar-refractivity contribution in [2.75, 3.05) is 39.6 Å². The lowest BCUT2D eigenvalue weighted by Gasteiger charge is -2.21. The Bertz CT molecular complexity index is 2030. The van der Waals surface area contributed by atoms with Crippen molar-refractivity contribution >= 4 is 39.5 Å². The predicted molar refractivity (Wildman–Crippen MR) is 437 cm³/mol. The summed E-state index contributed by atoms with van der Waals surface area (Å²) in [5.74, 6) is -0.417. The van der Waals surface area contributed by atoms with Crippen molar-refractivity contribution in [2.45, 2.75) is 484 Å². The number of ether oxygens (including phenoxy) is 4. The minimum Gasteiger partial charge on any atom is -0.462 e. The van der Waals surface area contributed by atoms with Gasteiger partial charge in [0.15, 0.2) is 12.2 Å². The number of aliphatic hydroxyl groups excluding tert-OH is 1. The van der Waals surface area contributed by atoms with Crippen molar-refractivity contribution in [3.8, 4) is 0 Å². The highest BCUT2D eigenvalue weighted by molar-refractivity contribution is 7.47. The third kappa shape index (κ3) is 78.7. The van der Waals surface area contributed by atoms with Gasteiger partial charge in [-0.2, -0.15) is 0 Å². The Hall–Kier alpha value is -1.94. The van der Waals surface area contributed by atoms with Crippen LogP contribution in [0.5, 0.6) is 0 Å². The van der Waals surface area contributed by atoms with Crippen LogP contribution in [-0.2, 0) is 65.4 Å². The Morgan fingerprint density at radius 3 is 0.717 bits per heavy atom. The quantitative estimate of drug-likeness (QED) is 0.0222. The van der Waals surface area contributed by atoms with Gasteiger partial charge in [0, 0.05) is 25.7 Å². The summed E-state index contributed by atoms with van der Waals surface area (Å²) in [6.07, 6.45) is 70.8. The molecule has 0 rings (SSSR count). The maximum atomic E-state index is 13.2. The lowest BCUT2D eigenvalue weighted by molar-refractivity contribution is -0.161. The lowest BCUT2D eigenvalue weighted by atomic mass is 9.99. The number of carbonyl (C=O) groups is 4. The number of esters is 4. The number of phosphoric ester groups is 2. The van der Waals surface area contributed by atoms with Crippen LogP contribution in [0.2, 0.25) is 0 Å². The molecule has 0 bridgehead atoms. The molecule has 3 N–H and O–H groups in total. The summed E-state index contributed by atoms with van der Waals surface area (Å²) >= 11 is 0. The van der Waals surface area contributed by atoms with Crippen LogP contribution in [0, 0.1) is 11.8 Å². The summed E-state index contributed by atoms with van der Waals surface area (Å²) in [6.45, 7) is 9.76. The first-order valence-electron chi connectivity index (χ1n) is 45.0. The number of rotatable bonds is 86. The van der Waals surface area contributed by atoms with Crippen LogP contribution in [0.4, 0.5) is 0 Å². The Labute approximate surface area is 651 Å². The van der Waals surface area contributed by atoms with Gasteiger partial charge in [0.25, 0.3) is 0 Å². The normalized spacial score (nSPS) is 14.1. The number of unbranched alkanes of at least 4 members (excludes halogenated alkanes) is 55. The van der Waals surface area contributed by atoms with Crippen molar-refractivity contribution in [3.05, 3.63) is 0 Å². The second-order valence-electron chi connectivity index (χ2n) is 32.0. The van der Waals surface area contributed by atoms with Gasteiger partial charge in [-0.25, -0.2) is 9.13 Å². The van der Waals surface area contributed by atoms with E-state index in [-0.39, 0.29) is 25.7 Å². The minimum atomic E-state index is -4.97. The fourth-order valence-electron chi connectivity index (χ4n) is 13.6. The molecule has 0 radical (unpaired) electrons. The van der Waals surface area contributed by atoms with E-state index in [1.807, 2.05) is 0 Å². The summed E-state index contributed by atoms with van der Waals surface area (Å²) < 4.78 is 68.9. The van der Waals surface area contributed by atoms with E-state index in [4.69, 9.17) is 37.0 Å². The van der Waals surface area contributed by atoms with Crippen molar-refractivity contribution in [1.82, 2.24) is 0 Å². The highest BCUT2D eigenvalue weighted by Crippen LogP contribution is 2.45. The lowest BCUT2D eigenvalue weighted by Crippen LogP contribution is -2.30. The molecule has 0 fully saturated rings. The molecule has 6 atom stereocenters. The molecule has 0 saturated carbocycles. The molecule has 0 spiro atoms. The molecule has 0 aliphatic carbocycles. The average Bonchev–Trinajstić information content (AvgIpc) is 0.907. The Morgan fingerprint density at radius 1 is 0.274 bits per heavy atom. The first kappa shape index (κ1) is 104. The maximum absolute atomic E-state index is 13.2. The Balaban J connectivity index is 5.20. The summed E-state index contributed by atoms with van der Waals surface area (Å²) in [5, 5.41) is 10.7. The summed E-state index contributed by atoms with van der Waals surface area (Å²) in [7, 11) is -9.93. The molecular weight excluding hydrogens is 1380 g/mol. The number of phosphoric acid groups is 2. The van der Waals surface area contributed by atoms with Crippen LogP contribution in [0.15, 0.2) is 0 Å². The van der Waals surface area contributed by atoms with E-state index < -0.39 is 97.5 Å². The Kier molecular flexibility index (Phi) is 76.9. The molecule has 0 aromatic carbocycles. The number of hydrogen-bond donors (Lipinski definition) is 3. The van der Waals surface area contributed by atoms with E-state index in [9.17, 15) is 43.2 Å². The molecular formula is C87H170O17P2. The van der Waals surface area contributed by atoms with Crippen molar-refractivity contribution in [1.29, 1.82) is 0 Å². The van der Waals surface area contributed by atoms with Crippen molar-refractivity contribution in [2.24, 2.45) is 11.8 Å². The highest BCUT2D eigenvalue weighted by Gasteiger charge is 2.30. The van der Waals surface area contributed by atoms with Gasteiger partial charge >= 0.3 is 39.5 Å². The summed E-state index contributed by atoms with van der Waals surface area (Å²) in [5.41, 5.74) is 0. The van der Waals surface area contributed by atoms with Gasteiger partial charge in [-0.3, -0.25) is 37.3 Å². The van der Waals surface area contributed by atoms with E-state index in [0.717, 1.165) is 102 Å². The van der Waals surface area contributed by atoms with Crippen LogP contribution in [0.25, 0.3) is 0 Å². The van der Waals surface area contributed by atoms with Crippen LogP contribution < -0.4 is 0 Å². The summed E-state index contributed by atoms with van der Waals surface area (Å²) in [6, 6.07) is 0. The van der Waals surface area contributed by atoms with Crippen molar-refractivity contribution < 1.29 is 80.2 Å². The van der Waals surface area contributed by atoms with Gasteiger partial charge in [0.1, 0.15) is 19.3 Å². The molecule has 106 heavy (non-hydrogen) atoms. The third-order valence-electron chi connectivity index (χ3n) is 20.8. The second kappa shape index (κ2) is 78.3. The van der Waals surface area contributed by atoms with Crippen LogP contribution in [-0.4, -0.2) is 96.7 Å². The number of hydrogen-bond acceptors (Lipinski definition) is 15. The molecule has 0 heterocycles. The van der Waals surface area contributed by atoms with Crippen molar-refractivity contribution in [3.63, 3.8) is 0 Å². The average molecular weight is 1550 g/mol. The number of aliphatic hydroxyl groups is 1. The fourth-order valence-corrected chi connectivity index (χ4v) is 15.1. The molecule has 0 amide bonds. The monoisotopic (exact) mass is 1550 g/mol. The largest absolute Gasteiger partial charge is 0.472 e. The zero-order valence-electron chi connectivity index (χ0n) is 69.7. The second-order valence-corrected chi connectivity index (χ2v) is 34.9. The van der Waals surface area contributed by atoms with E-state index in [0.29, 0.717) is 25.7 Å². The van der Waals surface area contributed by atoms with E-state index >= 15 is 0 Å².